The number of hydrogen-bond donors (Lipinski definition) is 2. The van der Waals surface area contributed by atoms with E-state index in [0.717, 1.165) is 34.3 Å². The maximum Gasteiger partial charge on any atom is 0.253 e. The zero-order chi connectivity index (χ0) is 24.8. The van der Waals surface area contributed by atoms with Gasteiger partial charge in [0.05, 0.1) is 13.2 Å². The van der Waals surface area contributed by atoms with Crippen molar-refractivity contribution in [3.8, 4) is 5.75 Å². The molecule has 4 aromatic rings. The summed E-state index contributed by atoms with van der Waals surface area (Å²) in [6.07, 6.45) is 0.914. The van der Waals surface area contributed by atoms with Crippen LogP contribution in [0.25, 0.3) is 10.9 Å². The summed E-state index contributed by atoms with van der Waals surface area (Å²) in [7, 11) is 0. The molecule has 1 heterocycles. The van der Waals surface area contributed by atoms with Gasteiger partial charge in [0.1, 0.15) is 11.6 Å². The number of pyridine rings is 1. The zero-order valence-corrected chi connectivity index (χ0v) is 20.6. The van der Waals surface area contributed by atoms with Gasteiger partial charge in [0.15, 0.2) is 5.11 Å². The summed E-state index contributed by atoms with van der Waals surface area (Å²) in [5.74, 6) is 0.481. The Morgan fingerprint density at radius 2 is 1.69 bits per heavy atom. The second kappa shape index (κ2) is 11.1. The molecule has 0 aliphatic carbocycles. The molecule has 180 valence electrons. The molecule has 1 aromatic heterocycles. The van der Waals surface area contributed by atoms with Crippen molar-refractivity contribution < 1.29 is 9.13 Å². The molecule has 7 heteroatoms. The number of ether oxygens (including phenoxy) is 1. The molecular weight excluding hydrogens is 461 g/mol. The Bertz CT molecular complexity index is 1370. The third-order valence-corrected chi connectivity index (χ3v) is 6.11. The predicted octanol–water partition coefficient (Wildman–Crippen LogP) is 6.03. The Labute approximate surface area is 209 Å². The zero-order valence-electron chi connectivity index (χ0n) is 19.8. The maximum absolute atomic E-state index is 13.5. The summed E-state index contributed by atoms with van der Waals surface area (Å²) in [6.45, 7) is 5.34. The van der Waals surface area contributed by atoms with Crippen molar-refractivity contribution in [2.24, 2.45) is 0 Å². The van der Waals surface area contributed by atoms with Crippen molar-refractivity contribution in [2.75, 3.05) is 11.9 Å². The lowest BCUT2D eigenvalue weighted by Crippen LogP contribution is -2.35. The molecule has 0 aliphatic heterocycles. The van der Waals surface area contributed by atoms with Crippen molar-refractivity contribution in [1.29, 1.82) is 0 Å². The molecule has 0 spiro atoms. The van der Waals surface area contributed by atoms with Gasteiger partial charge in [0, 0.05) is 23.3 Å². The van der Waals surface area contributed by atoms with Crippen LogP contribution in [0.5, 0.6) is 5.75 Å². The number of halogens is 1. The van der Waals surface area contributed by atoms with Gasteiger partial charge >= 0.3 is 0 Å². The summed E-state index contributed by atoms with van der Waals surface area (Å²) in [5.41, 5.74) is 4.14. The number of aromatic amines is 1. The second-order valence-electron chi connectivity index (χ2n) is 8.27. The van der Waals surface area contributed by atoms with Gasteiger partial charge < -0.3 is 19.9 Å². The molecule has 0 radical (unpaired) electrons. The average Bonchev–Trinajstić information content (AvgIpc) is 2.86. The molecule has 4 rings (SSSR count). The van der Waals surface area contributed by atoms with E-state index in [1.54, 1.807) is 12.1 Å². The summed E-state index contributed by atoms with van der Waals surface area (Å²) in [6, 6.07) is 21.8. The van der Waals surface area contributed by atoms with Gasteiger partial charge in [-0.2, -0.15) is 0 Å². The Morgan fingerprint density at radius 1 is 0.971 bits per heavy atom. The highest BCUT2D eigenvalue weighted by molar-refractivity contribution is 7.80. The van der Waals surface area contributed by atoms with Gasteiger partial charge in [-0.3, -0.25) is 4.79 Å². The first-order valence-corrected chi connectivity index (χ1v) is 12.0. The number of anilines is 1. The topological polar surface area (TPSA) is 57.4 Å². The number of fused-ring (bicyclic) bond motifs is 1. The molecule has 5 nitrogen and oxygen atoms in total. The van der Waals surface area contributed by atoms with E-state index in [0.29, 0.717) is 30.4 Å². The van der Waals surface area contributed by atoms with E-state index in [-0.39, 0.29) is 11.4 Å². The van der Waals surface area contributed by atoms with Crippen molar-refractivity contribution >= 4 is 33.9 Å². The number of nitrogens with one attached hydrogen (secondary N) is 2. The highest BCUT2D eigenvalue weighted by atomic mass is 32.1. The predicted molar refractivity (Wildman–Crippen MR) is 143 cm³/mol. The first-order valence-electron chi connectivity index (χ1n) is 11.6. The van der Waals surface area contributed by atoms with Crippen molar-refractivity contribution in [3.05, 3.63) is 106 Å². The van der Waals surface area contributed by atoms with Crippen LogP contribution in [0.4, 0.5) is 10.1 Å². The summed E-state index contributed by atoms with van der Waals surface area (Å²) >= 11 is 5.74. The SMILES string of the molecule is CCOc1ccc(NC(=S)N(Cc2ccc(F)cc2)Cc2cc3cc(CC)ccc3[nH]c2=O)cc1. The van der Waals surface area contributed by atoms with Gasteiger partial charge in [-0.15, -0.1) is 0 Å². The molecule has 0 fully saturated rings. The summed E-state index contributed by atoms with van der Waals surface area (Å²) < 4.78 is 19.0. The van der Waals surface area contributed by atoms with Gasteiger partial charge in [-0.1, -0.05) is 25.1 Å². The Balaban J connectivity index is 1.62. The fourth-order valence-corrected chi connectivity index (χ4v) is 4.10. The van der Waals surface area contributed by atoms with Crippen LogP contribution in [0.15, 0.2) is 77.6 Å². The number of rotatable bonds is 8. The lowest BCUT2D eigenvalue weighted by atomic mass is 10.1. The molecule has 0 saturated heterocycles. The van der Waals surface area contributed by atoms with Crippen LogP contribution in [-0.2, 0) is 19.5 Å². The molecule has 0 amide bonds. The van der Waals surface area contributed by atoms with Crippen molar-refractivity contribution in [2.45, 2.75) is 33.4 Å². The second-order valence-corrected chi connectivity index (χ2v) is 8.66. The molecule has 0 bridgehead atoms. The Hall–Kier alpha value is -3.71. The summed E-state index contributed by atoms with van der Waals surface area (Å²) in [5, 5.41) is 4.69. The van der Waals surface area contributed by atoms with Gasteiger partial charge in [0.25, 0.3) is 5.56 Å². The molecule has 3 aromatic carbocycles. The van der Waals surface area contributed by atoms with Crippen LogP contribution >= 0.6 is 12.2 Å². The Kier molecular flexibility index (Phi) is 7.77. The number of thiocarbonyl (C=S) groups is 1. The van der Waals surface area contributed by atoms with E-state index >= 15 is 0 Å². The molecule has 0 unspecified atom stereocenters. The molecule has 0 saturated carbocycles. The number of aryl methyl sites for hydroxylation is 1. The minimum atomic E-state index is -0.298. The first-order chi connectivity index (χ1) is 16.9. The fraction of sp³-hybridized carbons (Fsp3) is 0.214. The van der Waals surface area contributed by atoms with Gasteiger partial charge in [0.2, 0.25) is 0 Å². The highest BCUT2D eigenvalue weighted by Gasteiger charge is 2.15. The van der Waals surface area contributed by atoms with E-state index in [1.165, 1.54) is 17.7 Å². The van der Waals surface area contributed by atoms with E-state index < -0.39 is 0 Å². The smallest absolute Gasteiger partial charge is 0.253 e. The third-order valence-electron chi connectivity index (χ3n) is 5.75. The third kappa shape index (κ3) is 6.25. The van der Waals surface area contributed by atoms with Crippen LogP contribution in [0.3, 0.4) is 0 Å². The molecular formula is C28H28FN3O2S. The number of benzene rings is 3. The average molecular weight is 490 g/mol. The van der Waals surface area contributed by atoms with Crippen LogP contribution in [0.1, 0.15) is 30.5 Å². The lowest BCUT2D eigenvalue weighted by Gasteiger charge is -2.26. The van der Waals surface area contributed by atoms with E-state index in [1.807, 2.05) is 54.3 Å². The van der Waals surface area contributed by atoms with Crippen LogP contribution in [0.2, 0.25) is 0 Å². The van der Waals surface area contributed by atoms with E-state index in [9.17, 15) is 9.18 Å². The minimum absolute atomic E-state index is 0.158. The minimum Gasteiger partial charge on any atom is -0.494 e. The van der Waals surface area contributed by atoms with Crippen molar-refractivity contribution in [3.63, 3.8) is 0 Å². The van der Waals surface area contributed by atoms with Crippen LogP contribution in [0, 0.1) is 5.82 Å². The molecule has 2 N–H and O–H groups in total. The van der Waals surface area contributed by atoms with Crippen LogP contribution in [-0.4, -0.2) is 21.6 Å². The number of hydrogen-bond acceptors (Lipinski definition) is 3. The van der Waals surface area contributed by atoms with Crippen LogP contribution < -0.4 is 15.6 Å². The molecule has 35 heavy (non-hydrogen) atoms. The maximum atomic E-state index is 13.5. The van der Waals surface area contributed by atoms with E-state index in [4.69, 9.17) is 17.0 Å². The quantitative estimate of drug-likeness (QED) is 0.296. The standard InChI is InChI=1S/C28H28FN3O2S/c1-3-19-7-14-26-21(15-19)16-22(27(33)31-26)18-32(17-20-5-8-23(29)9-6-20)28(35)30-24-10-12-25(13-11-24)34-4-2/h5-16H,3-4,17-18H2,1-2H3,(H,30,35)(H,31,33). The number of nitrogens with zero attached hydrogens (tertiary/aromatic N) is 1. The highest BCUT2D eigenvalue weighted by Crippen LogP contribution is 2.19. The monoisotopic (exact) mass is 489 g/mol. The Morgan fingerprint density at radius 3 is 2.37 bits per heavy atom. The normalized spacial score (nSPS) is 10.8. The molecule has 0 aliphatic rings. The largest absolute Gasteiger partial charge is 0.494 e. The summed E-state index contributed by atoms with van der Waals surface area (Å²) in [4.78, 5) is 17.8. The fourth-order valence-electron chi connectivity index (χ4n) is 3.86. The number of aromatic nitrogens is 1. The van der Waals surface area contributed by atoms with Crippen molar-refractivity contribution in [1.82, 2.24) is 9.88 Å². The first kappa shape index (κ1) is 24.4. The van der Waals surface area contributed by atoms with Gasteiger partial charge in [-0.25, -0.2) is 4.39 Å². The number of H-pyrrole nitrogens is 1. The van der Waals surface area contributed by atoms with E-state index in [2.05, 4.69) is 23.3 Å². The van der Waals surface area contributed by atoms with Gasteiger partial charge in [-0.05, 0) is 96.7 Å². The lowest BCUT2D eigenvalue weighted by molar-refractivity contribution is 0.340. The molecule has 0 atom stereocenters.